The molecule has 0 aromatic heterocycles. The molecule has 0 fully saturated rings. The quantitative estimate of drug-likeness (QED) is 0.830. The molecule has 0 amide bonds. The lowest BCUT2D eigenvalue weighted by Gasteiger charge is -2.07. The van der Waals surface area contributed by atoms with E-state index in [-0.39, 0.29) is 29.4 Å². The van der Waals surface area contributed by atoms with E-state index < -0.39 is 15.8 Å². The summed E-state index contributed by atoms with van der Waals surface area (Å²) in [7, 11) is -3.46. The summed E-state index contributed by atoms with van der Waals surface area (Å²) in [6.07, 6.45) is 0. The first kappa shape index (κ1) is 13.4. The van der Waals surface area contributed by atoms with Gasteiger partial charge in [0.05, 0.1) is 5.75 Å². The molecule has 0 unspecified atom stereocenters. The van der Waals surface area contributed by atoms with E-state index >= 15 is 0 Å². The van der Waals surface area contributed by atoms with Crippen LogP contribution in [0.3, 0.4) is 0 Å². The van der Waals surface area contributed by atoms with E-state index in [9.17, 15) is 12.8 Å². The maximum Gasteiger partial charge on any atom is 0.213 e. The SMILES string of the molecule is NCCS(=O)(=O)NCc1c(F)cccc1Cl. The summed E-state index contributed by atoms with van der Waals surface area (Å²) in [5.74, 6) is -0.734. The summed E-state index contributed by atoms with van der Waals surface area (Å²) < 4.78 is 38.0. The van der Waals surface area contributed by atoms with Gasteiger partial charge in [-0.15, -0.1) is 0 Å². The number of hydrogen-bond acceptors (Lipinski definition) is 3. The van der Waals surface area contributed by atoms with Crippen LogP contribution in [-0.4, -0.2) is 20.7 Å². The molecule has 0 saturated heterocycles. The molecule has 0 radical (unpaired) electrons. The third-order valence-corrected chi connectivity index (χ3v) is 3.63. The van der Waals surface area contributed by atoms with Gasteiger partial charge in [0, 0.05) is 23.7 Å². The number of rotatable bonds is 5. The molecule has 16 heavy (non-hydrogen) atoms. The number of sulfonamides is 1. The van der Waals surface area contributed by atoms with Crippen molar-refractivity contribution in [2.75, 3.05) is 12.3 Å². The van der Waals surface area contributed by atoms with Crippen LogP contribution in [0.4, 0.5) is 4.39 Å². The van der Waals surface area contributed by atoms with Gasteiger partial charge in [-0.2, -0.15) is 0 Å². The molecule has 3 N–H and O–H groups in total. The Morgan fingerprint density at radius 3 is 2.69 bits per heavy atom. The molecular formula is C9H12ClFN2O2S. The van der Waals surface area contributed by atoms with Crippen LogP contribution >= 0.6 is 11.6 Å². The van der Waals surface area contributed by atoms with Crippen molar-refractivity contribution >= 4 is 21.6 Å². The van der Waals surface area contributed by atoms with E-state index in [1.807, 2.05) is 0 Å². The van der Waals surface area contributed by atoms with Crippen molar-refractivity contribution in [2.24, 2.45) is 5.73 Å². The second-order valence-corrected chi connectivity index (χ2v) is 5.46. The van der Waals surface area contributed by atoms with Gasteiger partial charge < -0.3 is 5.73 Å². The number of halogens is 2. The molecule has 0 aliphatic carbocycles. The van der Waals surface area contributed by atoms with E-state index in [0.29, 0.717) is 0 Å². The third-order valence-electron chi connectivity index (χ3n) is 1.92. The van der Waals surface area contributed by atoms with Gasteiger partial charge in [-0.1, -0.05) is 17.7 Å². The standard InChI is InChI=1S/C9H12ClFN2O2S/c10-8-2-1-3-9(11)7(8)6-13-16(14,15)5-4-12/h1-3,13H,4-6,12H2. The Hall–Kier alpha value is -0.690. The Balaban J connectivity index is 2.76. The van der Waals surface area contributed by atoms with Gasteiger partial charge in [-0.25, -0.2) is 17.5 Å². The molecule has 0 aliphatic heterocycles. The zero-order chi connectivity index (χ0) is 12.2. The Morgan fingerprint density at radius 1 is 1.44 bits per heavy atom. The van der Waals surface area contributed by atoms with Crippen LogP contribution in [0.25, 0.3) is 0 Å². The van der Waals surface area contributed by atoms with Crippen molar-refractivity contribution in [3.8, 4) is 0 Å². The highest BCUT2D eigenvalue weighted by Gasteiger charge is 2.12. The molecule has 4 nitrogen and oxygen atoms in total. The Bertz CT molecular complexity index is 444. The lowest BCUT2D eigenvalue weighted by Crippen LogP contribution is -2.29. The Morgan fingerprint density at radius 2 is 2.12 bits per heavy atom. The molecular weight excluding hydrogens is 255 g/mol. The number of nitrogens with one attached hydrogen (secondary N) is 1. The number of benzene rings is 1. The topological polar surface area (TPSA) is 72.2 Å². The first-order chi connectivity index (χ1) is 7.46. The largest absolute Gasteiger partial charge is 0.329 e. The minimum absolute atomic E-state index is 0.0142. The zero-order valence-corrected chi connectivity index (χ0v) is 9.98. The molecule has 0 atom stereocenters. The Kier molecular flexibility index (Phi) is 4.67. The van der Waals surface area contributed by atoms with E-state index in [1.54, 1.807) is 0 Å². The highest BCUT2D eigenvalue weighted by Crippen LogP contribution is 2.18. The molecule has 1 rings (SSSR count). The molecule has 1 aromatic carbocycles. The van der Waals surface area contributed by atoms with Crippen LogP contribution < -0.4 is 10.5 Å². The summed E-state index contributed by atoms with van der Waals surface area (Å²) in [5, 5.41) is 0.190. The van der Waals surface area contributed by atoms with Crippen molar-refractivity contribution in [2.45, 2.75) is 6.54 Å². The van der Waals surface area contributed by atoms with Gasteiger partial charge >= 0.3 is 0 Å². The first-order valence-corrected chi connectivity index (χ1v) is 6.59. The predicted molar refractivity (Wildman–Crippen MR) is 61.1 cm³/mol. The highest BCUT2D eigenvalue weighted by molar-refractivity contribution is 7.89. The van der Waals surface area contributed by atoms with Crippen molar-refractivity contribution in [1.82, 2.24) is 4.72 Å². The van der Waals surface area contributed by atoms with Gasteiger partial charge in [0.2, 0.25) is 10.0 Å². The number of hydrogen-bond donors (Lipinski definition) is 2. The minimum Gasteiger partial charge on any atom is -0.329 e. The van der Waals surface area contributed by atoms with Crippen LogP contribution in [0.5, 0.6) is 0 Å². The summed E-state index contributed by atoms with van der Waals surface area (Å²) >= 11 is 5.74. The molecule has 0 aliphatic rings. The monoisotopic (exact) mass is 266 g/mol. The van der Waals surface area contributed by atoms with Crippen LogP contribution in [0.15, 0.2) is 18.2 Å². The van der Waals surface area contributed by atoms with Crippen LogP contribution in [0.1, 0.15) is 5.56 Å². The van der Waals surface area contributed by atoms with Crippen molar-refractivity contribution in [1.29, 1.82) is 0 Å². The fraction of sp³-hybridized carbons (Fsp3) is 0.333. The molecule has 0 spiro atoms. The Labute approximate surface area is 98.6 Å². The smallest absolute Gasteiger partial charge is 0.213 e. The average molecular weight is 267 g/mol. The second-order valence-electron chi connectivity index (χ2n) is 3.13. The second kappa shape index (κ2) is 5.58. The van der Waals surface area contributed by atoms with Gasteiger partial charge in [-0.3, -0.25) is 0 Å². The normalized spacial score (nSPS) is 11.7. The lowest BCUT2D eigenvalue weighted by molar-refractivity contribution is 0.574. The van der Waals surface area contributed by atoms with Gasteiger partial charge in [0.15, 0.2) is 0 Å². The zero-order valence-electron chi connectivity index (χ0n) is 8.41. The van der Waals surface area contributed by atoms with Crippen LogP contribution in [0.2, 0.25) is 5.02 Å². The lowest BCUT2D eigenvalue weighted by atomic mass is 10.2. The fourth-order valence-electron chi connectivity index (χ4n) is 1.11. The average Bonchev–Trinajstić information content (AvgIpc) is 2.16. The van der Waals surface area contributed by atoms with Gasteiger partial charge in [-0.05, 0) is 12.1 Å². The molecule has 7 heteroatoms. The highest BCUT2D eigenvalue weighted by atomic mass is 35.5. The van der Waals surface area contributed by atoms with Crippen molar-refractivity contribution < 1.29 is 12.8 Å². The summed E-state index contributed by atoms with van der Waals surface area (Å²) in [6, 6.07) is 4.17. The third kappa shape index (κ3) is 3.71. The van der Waals surface area contributed by atoms with Gasteiger partial charge in [0.25, 0.3) is 0 Å². The molecule has 0 heterocycles. The summed E-state index contributed by atoms with van der Waals surface area (Å²) in [6.45, 7) is -0.159. The maximum absolute atomic E-state index is 13.3. The van der Waals surface area contributed by atoms with E-state index in [1.165, 1.54) is 18.2 Å². The number of nitrogens with two attached hydrogens (primary N) is 1. The predicted octanol–water partition coefficient (Wildman–Crippen LogP) is 0.857. The summed E-state index contributed by atoms with van der Waals surface area (Å²) in [4.78, 5) is 0. The molecule has 0 saturated carbocycles. The van der Waals surface area contributed by atoms with E-state index in [4.69, 9.17) is 17.3 Å². The summed E-state index contributed by atoms with van der Waals surface area (Å²) in [5.41, 5.74) is 5.25. The van der Waals surface area contributed by atoms with Crippen LogP contribution in [-0.2, 0) is 16.6 Å². The van der Waals surface area contributed by atoms with Crippen molar-refractivity contribution in [3.63, 3.8) is 0 Å². The molecule has 90 valence electrons. The van der Waals surface area contributed by atoms with E-state index in [2.05, 4.69) is 4.72 Å². The molecule has 0 bridgehead atoms. The maximum atomic E-state index is 13.3. The van der Waals surface area contributed by atoms with Gasteiger partial charge in [0.1, 0.15) is 5.82 Å². The van der Waals surface area contributed by atoms with Crippen LogP contribution in [0, 0.1) is 5.82 Å². The van der Waals surface area contributed by atoms with Crippen molar-refractivity contribution in [3.05, 3.63) is 34.6 Å². The molecule has 1 aromatic rings. The minimum atomic E-state index is -3.46. The fourth-order valence-corrected chi connectivity index (χ4v) is 2.16. The first-order valence-electron chi connectivity index (χ1n) is 4.56. The van der Waals surface area contributed by atoms with E-state index in [0.717, 1.165) is 0 Å².